The molecule has 5 rings (SSSR count). The molecule has 0 saturated heterocycles. The van der Waals surface area contributed by atoms with E-state index in [2.05, 4.69) is 0 Å². The number of rotatable bonds is 6. The van der Waals surface area contributed by atoms with Crippen molar-refractivity contribution in [3.8, 4) is 23.0 Å². The second kappa shape index (κ2) is 8.64. The molecule has 2 aliphatic rings. The summed E-state index contributed by atoms with van der Waals surface area (Å²) in [6.07, 6.45) is 0. The van der Waals surface area contributed by atoms with E-state index in [1.165, 1.54) is 38.2 Å². The van der Waals surface area contributed by atoms with Gasteiger partial charge in [0, 0.05) is 25.2 Å². The van der Waals surface area contributed by atoms with Gasteiger partial charge >= 0.3 is 0 Å². The first kappa shape index (κ1) is 25.4. The quantitative estimate of drug-likeness (QED) is 0.508. The third-order valence-electron chi connectivity index (χ3n) is 7.40. The molecule has 0 bridgehead atoms. The first-order valence-corrected chi connectivity index (χ1v) is 11.7. The van der Waals surface area contributed by atoms with E-state index in [1.54, 1.807) is 62.6 Å². The third-order valence-corrected chi connectivity index (χ3v) is 7.40. The molecule has 0 saturated carbocycles. The number of hydrogen-bond donors (Lipinski definition) is 2. The second-order valence-electron chi connectivity index (χ2n) is 9.07. The number of ether oxygens (including phenoxy) is 4. The van der Waals surface area contributed by atoms with Crippen LogP contribution in [-0.2, 0) is 20.8 Å². The van der Waals surface area contributed by atoms with Gasteiger partial charge in [0.05, 0.1) is 50.9 Å². The van der Waals surface area contributed by atoms with Crippen molar-refractivity contribution in [1.82, 2.24) is 0 Å². The molecule has 2 amide bonds. The molecule has 0 aliphatic carbocycles. The SMILES string of the molecule is COc1c(OC)c([C@]2(O)C(=O)N(C)c3ccccc32)c(OC)c(OC)c1[C@]1(O)C(=O)N(C)c2ccccc21. The number of para-hydroxylation sites is 2. The lowest BCUT2D eigenvalue weighted by Gasteiger charge is -2.33. The van der Waals surface area contributed by atoms with Gasteiger partial charge in [-0.15, -0.1) is 0 Å². The molecule has 0 radical (unpaired) electrons. The number of likely N-dealkylation sites (N-methyl/N-ethyl adjacent to an activating group) is 2. The monoisotopic (exact) mass is 520 g/mol. The molecule has 2 atom stereocenters. The summed E-state index contributed by atoms with van der Waals surface area (Å²) in [4.78, 5) is 30.0. The topological polar surface area (TPSA) is 118 Å². The van der Waals surface area contributed by atoms with Crippen LogP contribution in [0.4, 0.5) is 11.4 Å². The fourth-order valence-electron chi connectivity index (χ4n) is 5.66. The highest BCUT2D eigenvalue weighted by Crippen LogP contribution is 2.61. The van der Waals surface area contributed by atoms with E-state index < -0.39 is 23.0 Å². The molecule has 198 valence electrons. The summed E-state index contributed by atoms with van der Waals surface area (Å²) in [5, 5.41) is 24.4. The molecule has 10 nitrogen and oxygen atoms in total. The van der Waals surface area contributed by atoms with E-state index in [0.29, 0.717) is 22.5 Å². The smallest absolute Gasteiger partial charge is 0.268 e. The van der Waals surface area contributed by atoms with E-state index in [1.807, 2.05) is 0 Å². The fraction of sp³-hybridized carbons (Fsp3) is 0.286. The minimum Gasteiger partial charge on any atom is -0.492 e. The van der Waals surface area contributed by atoms with Gasteiger partial charge < -0.3 is 39.0 Å². The lowest BCUT2D eigenvalue weighted by molar-refractivity contribution is -0.133. The number of carbonyl (C=O) groups is 2. The van der Waals surface area contributed by atoms with Gasteiger partial charge in [0.1, 0.15) is 0 Å². The average molecular weight is 521 g/mol. The molecule has 0 spiro atoms. The zero-order valence-corrected chi connectivity index (χ0v) is 21.9. The van der Waals surface area contributed by atoms with Gasteiger partial charge in [0.15, 0.2) is 23.0 Å². The van der Waals surface area contributed by atoms with Crippen LogP contribution in [-0.4, -0.2) is 64.6 Å². The molecule has 2 aliphatic heterocycles. The van der Waals surface area contributed by atoms with Gasteiger partial charge in [-0.2, -0.15) is 0 Å². The van der Waals surface area contributed by atoms with Crippen molar-refractivity contribution in [2.75, 3.05) is 52.3 Å². The highest BCUT2D eigenvalue weighted by Gasteiger charge is 2.58. The van der Waals surface area contributed by atoms with Crippen molar-refractivity contribution in [1.29, 1.82) is 0 Å². The van der Waals surface area contributed by atoms with Gasteiger partial charge in [-0.3, -0.25) is 9.59 Å². The third kappa shape index (κ3) is 2.89. The number of anilines is 2. The first-order valence-electron chi connectivity index (χ1n) is 11.7. The number of amides is 2. The maximum atomic E-state index is 13.7. The van der Waals surface area contributed by atoms with E-state index in [-0.39, 0.29) is 34.1 Å². The number of fused-ring (bicyclic) bond motifs is 2. The zero-order valence-electron chi connectivity index (χ0n) is 21.9. The maximum absolute atomic E-state index is 13.7. The van der Waals surface area contributed by atoms with Crippen molar-refractivity contribution in [3.63, 3.8) is 0 Å². The largest absolute Gasteiger partial charge is 0.492 e. The summed E-state index contributed by atoms with van der Waals surface area (Å²) in [5.41, 5.74) is -3.13. The molecular weight excluding hydrogens is 492 g/mol. The predicted molar refractivity (Wildman–Crippen MR) is 138 cm³/mol. The zero-order chi connectivity index (χ0) is 27.6. The molecule has 3 aromatic carbocycles. The summed E-state index contributed by atoms with van der Waals surface area (Å²) in [6.45, 7) is 0. The Morgan fingerprint density at radius 3 is 1.16 bits per heavy atom. The highest BCUT2D eigenvalue weighted by molar-refractivity contribution is 6.12. The van der Waals surface area contributed by atoms with Crippen LogP contribution in [0.25, 0.3) is 0 Å². The van der Waals surface area contributed by atoms with Gasteiger partial charge in [0.25, 0.3) is 11.8 Å². The van der Waals surface area contributed by atoms with Gasteiger partial charge in [0.2, 0.25) is 11.2 Å². The predicted octanol–water partition coefficient (Wildman–Crippen LogP) is 2.15. The minimum absolute atomic E-state index is 0.0857. The molecule has 3 aromatic rings. The molecule has 0 fully saturated rings. The lowest BCUT2D eigenvalue weighted by atomic mass is 9.80. The summed E-state index contributed by atoms with van der Waals surface area (Å²) in [5.74, 6) is -1.73. The van der Waals surface area contributed by atoms with Crippen LogP contribution in [0.2, 0.25) is 0 Å². The van der Waals surface area contributed by atoms with Gasteiger partial charge in [-0.05, 0) is 12.1 Å². The Hall–Kier alpha value is -4.28. The minimum atomic E-state index is -2.27. The molecule has 10 heteroatoms. The van der Waals surface area contributed by atoms with Crippen LogP contribution in [0, 0.1) is 0 Å². The summed E-state index contributed by atoms with van der Waals surface area (Å²) in [6, 6.07) is 13.6. The van der Waals surface area contributed by atoms with Crippen LogP contribution in [0.1, 0.15) is 22.3 Å². The standard InChI is InChI=1S/C28H28N2O8/c1-29-17-13-9-7-11-15(17)27(33,25(29)31)19-21(35-3)23(37-5)20(24(38-6)22(19)36-4)28(34)16-12-8-10-14-18(16)30(2)26(28)32/h7-14,33-34H,1-6H3/t27-,28-/m0/s1. The van der Waals surface area contributed by atoms with Crippen molar-refractivity contribution in [2.45, 2.75) is 11.2 Å². The Kier molecular flexibility index (Phi) is 5.77. The highest BCUT2D eigenvalue weighted by atomic mass is 16.5. The number of carbonyl (C=O) groups excluding carboxylic acids is 2. The Bertz CT molecular complexity index is 1340. The van der Waals surface area contributed by atoms with E-state index in [9.17, 15) is 19.8 Å². The summed E-state index contributed by atoms with van der Waals surface area (Å²) < 4.78 is 23.0. The Labute approximate surface area is 219 Å². The molecule has 2 N–H and O–H groups in total. The number of methoxy groups -OCH3 is 4. The molecule has 0 aromatic heterocycles. The van der Waals surface area contributed by atoms with Gasteiger partial charge in [-0.25, -0.2) is 0 Å². The van der Waals surface area contributed by atoms with Gasteiger partial charge in [-0.1, -0.05) is 36.4 Å². The summed E-state index contributed by atoms with van der Waals surface area (Å²) in [7, 11) is 8.42. The van der Waals surface area contributed by atoms with Crippen LogP contribution in [0.5, 0.6) is 23.0 Å². The number of aliphatic hydroxyl groups is 2. The van der Waals surface area contributed by atoms with Crippen LogP contribution < -0.4 is 28.7 Å². The van der Waals surface area contributed by atoms with Crippen molar-refractivity contribution in [2.24, 2.45) is 0 Å². The molecule has 0 unspecified atom stereocenters. The average Bonchev–Trinajstić information content (AvgIpc) is 3.27. The van der Waals surface area contributed by atoms with Crippen LogP contribution >= 0.6 is 0 Å². The molecule has 38 heavy (non-hydrogen) atoms. The molecular formula is C28H28N2O8. The Balaban J connectivity index is 1.94. The van der Waals surface area contributed by atoms with Crippen LogP contribution in [0.15, 0.2) is 48.5 Å². The maximum Gasteiger partial charge on any atom is 0.268 e. The fourth-order valence-corrected chi connectivity index (χ4v) is 5.66. The van der Waals surface area contributed by atoms with E-state index in [0.717, 1.165) is 0 Å². The number of benzene rings is 3. The number of nitrogens with zero attached hydrogens (tertiary/aromatic N) is 2. The Morgan fingerprint density at radius 1 is 0.579 bits per heavy atom. The lowest BCUT2D eigenvalue weighted by Crippen LogP contribution is -2.42. The number of hydrogen-bond acceptors (Lipinski definition) is 8. The van der Waals surface area contributed by atoms with Crippen molar-refractivity contribution in [3.05, 3.63) is 70.8 Å². The van der Waals surface area contributed by atoms with Crippen molar-refractivity contribution >= 4 is 23.2 Å². The normalized spacial score (nSPS) is 21.9. The second-order valence-corrected chi connectivity index (χ2v) is 9.07. The molecule has 2 heterocycles. The van der Waals surface area contributed by atoms with Crippen LogP contribution in [0.3, 0.4) is 0 Å². The summed E-state index contributed by atoms with van der Waals surface area (Å²) >= 11 is 0. The Morgan fingerprint density at radius 2 is 0.868 bits per heavy atom. The van der Waals surface area contributed by atoms with E-state index in [4.69, 9.17) is 18.9 Å². The van der Waals surface area contributed by atoms with Crippen molar-refractivity contribution < 1.29 is 38.7 Å². The first-order chi connectivity index (χ1) is 18.1. The van der Waals surface area contributed by atoms with E-state index >= 15 is 0 Å².